The van der Waals surface area contributed by atoms with Crippen molar-refractivity contribution in [2.24, 2.45) is 0 Å². The van der Waals surface area contributed by atoms with E-state index in [1.54, 1.807) is 13.0 Å². The maximum Gasteiger partial charge on any atom is 0.330 e. The van der Waals surface area contributed by atoms with Crippen LogP contribution >= 0.6 is 0 Å². The number of ether oxygens (including phenoxy) is 1. The van der Waals surface area contributed by atoms with Crippen molar-refractivity contribution in [1.82, 2.24) is 0 Å². The van der Waals surface area contributed by atoms with Gasteiger partial charge in [0.2, 0.25) is 6.05 Å². The van der Waals surface area contributed by atoms with E-state index in [1.165, 1.54) is 6.08 Å². The lowest BCUT2D eigenvalue weighted by Crippen LogP contribution is -2.04. The molecule has 0 atom stereocenters. The Morgan fingerprint density at radius 3 is 2.73 bits per heavy atom. The van der Waals surface area contributed by atoms with Crippen LogP contribution in [0.5, 0.6) is 0 Å². The van der Waals surface area contributed by atoms with E-state index in [1.807, 2.05) is 0 Å². The van der Waals surface area contributed by atoms with E-state index in [4.69, 9.17) is 4.74 Å². The Bertz CT molecular complexity index is 196. The first-order valence-electron chi connectivity index (χ1n) is 5.24. The summed E-state index contributed by atoms with van der Waals surface area (Å²) in [6.45, 7) is 2.13. The van der Waals surface area contributed by atoms with Crippen molar-refractivity contribution in [3.63, 3.8) is 0 Å². The molecule has 0 aromatic carbocycles. The summed E-state index contributed by atoms with van der Waals surface area (Å²) in [7, 11) is -1.16. The predicted molar refractivity (Wildman–Crippen MR) is 59.0 cm³/mol. The number of esters is 1. The van der Waals surface area contributed by atoms with Crippen molar-refractivity contribution in [2.75, 3.05) is 6.61 Å². The molecule has 0 radical (unpaired) electrons. The molecule has 0 aliphatic rings. The summed E-state index contributed by atoms with van der Waals surface area (Å²) in [5, 5.41) is 0. The van der Waals surface area contributed by atoms with Gasteiger partial charge in [0, 0.05) is 6.08 Å². The SMILES string of the molecule is CC=CC(=O)OCCCCC[SiH2]C(F)F. The average molecular weight is 236 g/mol. The standard InChI is InChI=1S/C10H18F2O2Si/c1-2-6-9(13)14-7-4-3-5-8-15-10(11)12/h2,6,10H,3-5,7-8,15H2,1H3. The number of unbranched alkanes of at least 4 members (excludes halogenated alkanes) is 2. The van der Waals surface area contributed by atoms with Gasteiger partial charge in [-0.2, -0.15) is 0 Å². The van der Waals surface area contributed by atoms with E-state index < -0.39 is 15.6 Å². The normalized spacial score (nSPS) is 12.0. The number of hydrogen-bond donors (Lipinski definition) is 0. The Balaban J connectivity index is 3.15. The number of halogens is 2. The highest BCUT2D eigenvalue weighted by Crippen LogP contribution is 2.03. The van der Waals surface area contributed by atoms with Gasteiger partial charge in [0.25, 0.3) is 0 Å². The highest BCUT2D eigenvalue weighted by Gasteiger charge is 2.02. The largest absolute Gasteiger partial charge is 0.463 e. The maximum atomic E-state index is 11.8. The van der Waals surface area contributed by atoms with Crippen molar-refractivity contribution in [3.05, 3.63) is 12.2 Å². The van der Waals surface area contributed by atoms with E-state index in [0.717, 1.165) is 19.3 Å². The molecular weight excluding hydrogens is 218 g/mol. The van der Waals surface area contributed by atoms with Crippen LogP contribution in [0.25, 0.3) is 0 Å². The average Bonchev–Trinajstić information content (AvgIpc) is 2.16. The van der Waals surface area contributed by atoms with Crippen LogP contribution in [0.2, 0.25) is 6.04 Å². The van der Waals surface area contributed by atoms with Crippen LogP contribution in [-0.2, 0) is 9.53 Å². The van der Waals surface area contributed by atoms with Crippen molar-refractivity contribution >= 4 is 15.5 Å². The molecule has 2 nitrogen and oxygen atoms in total. The molecule has 0 saturated heterocycles. The third-order valence-corrected chi connectivity index (χ3v) is 3.21. The van der Waals surface area contributed by atoms with Crippen LogP contribution in [0.3, 0.4) is 0 Å². The molecule has 0 amide bonds. The maximum absolute atomic E-state index is 11.8. The second-order valence-corrected chi connectivity index (χ2v) is 5.16. The minimum absolute atomic E-state index is 0.334. The lowest BCUT2D eigenvalue weighted by molar-refractivity contribution is -0.137. The summed E-state index contributed by atoms with van der Waals surface area (Å²) >= 11 is 0. The van der Waals surface area contributed by atoms with E-state index in [0.29, 0.717) is 12.7 Å². The molecule has 5 heteroatoms. The van der Waals surface area contributed by atoms with Gasteiger partial charge < -0.3 is 4.74 Å². The first-order valence-corrected chi connectivity index (χ1v) is 7.06. The molecule has 15 heavy (non-hydrogen) atoms. The fourth-order valence-electron chi connectivity index (χ4n) is 1.11. The summed E-state index contributed by atoms with van der Waals surface area (Å²) in [6, 6.07) is -1.38. The first-order chi connectivity index (χ1) is 7.16. The predicted octanol–water partition coefficient (Wildman–Crippen LogP) is 2.09. The zero-order chi connectivity index (χ0) is 11.5. The highest BCUT2D eigenvalue weighted by molar-refractivity contribution is 6.36. The molecule has 0 N–H and O–H groups in total. The number of allylic oxidation sites excluding steroid dienone is 1. The molecule has 0 rings (SSSR count). The molecule has 0 aromatic heterocycles. The molecule has 0 bridgehead atoms. The number of carbonyl (C=O) groups excluding carboxylic acids is 1. The lowest BCUT2D eigenvalue weighted by Gasteiger charge is -2.01. The van der Waals surface area contributed by atoms with Gasteiger partial charge in [-0.15, -0.1) is 0 Å². The van der Waals surface area contributed by atoms with Crippen LogP contribution in [-0.4, -0.2) is 28.1 Å². The first kappa shape index (κ1) is 14.3. The summed E-state index contributed by atoms with van der Waals surface area (Å²) in [5.74, 6) is -0.334. The Kier molecular flexibility index (Phi) is 9.36. The molecule has 0 aliphatic carbocycles. The van der Waals surface area contributed by atoms with Gasteiger partial charge >= 0.3 is 5.97 Å². The molecule has 0 heterocycles. The Morgan fingerprint density at radius 2 is 2.13 bits per heavy atom. The molecule has 88 valence electrons. The highest BCUT2D eigenvalue weighted by atomic mass is 28.2. The van der Waals surface area contributed by atoms with E-state index in [2.05, 4.69) is 0 Å². The van der Waals surface area contributed by atoms with Crippen molar-refractivity contribution < 1.29 is 18.3 Å². The van der Waals surface area contributed by atoms with Gasteiger partial charge in [-0.1, -0.05) is 25.0 Å². The van der Waals surface area contributed by atoms with E-state index in [-0.39, 0.29) is 5.97 Å². The van der Waals surface area contributed by atoms with E-state index >= 15 is 0 Å². The molecule has 0 aliphatic heterocycles. The second-order valence-electron chi connectivity index (χ2n) is 3.26. The molecule has 0 aromatic rings. The lowest BCUT2D eigenvalue weighted by atomic mass is 10.3. The van der Waals surface area contributed by atoms with Crippen LogP contribution in [0.15, 0.2) is 12.2 Å². The van der Waals surface area contributed by atoms with Crippen molar-refractivity contribution in [1.29, 1.82) is 0 Å². The summed E-state index contributed by atoms with van der Waals surface area (Å²) in [5.41, 5.74) is 0. The summed E-state index contributed by atoms with van der Waals surface area (Å²) in [6.07, 6.45) is 5.45. The van der Waals surface area contributed by atoms with Crippen LogP contribution in [0, 0.1) is 0 Å². The third-order valence-electron chi connectivity index (χ3n) is 1.86. The van der Waals surface area contributed by atoms with Gasteiger partial charge in [0.1, 0.15) is 9.52 Å². The number of carbonyl (C=O) groups is 1. The number of hydrogen-bond acceptors (Lipinski definition) is 2. The quantitative estimate of drug-likeness (QED) is 0.279. The van der Waals surface area contributed by atoms with Crippen molar-refractivity contribution in [2.45, 2.75) is 38.3 Å². The van der Waals surface area contributed by atoms with Gasteiger partial charge in [-0.05, 0) is 13.3 Å². The second kappa shape index (κ2) is 9.83. The van der Waals surface area contributed by atoms with Gasteiger partial charge in [-0.3, -0.25) is 0 Å². The van der Waals surface area contributed by atoms with Gasteiger partial charge in [-0.25, -0.2) is 13.6 Å². The third kappa shape index (κ3) is 11.2. The molecular formula is C10H18F2O2Si. The molecule has 0 fully saturated rings. The van der Waals surface area contributed by atoms with Gasteiger partial charge in [0.05, 0.1) is 6.61 Å². The molecule has 0 unspecified atom stereocenters. The summed E-state index contributed by atoms with van der Waals surface area (Å²) < 4.78 is 28.4. The van der Waals surface area contributed by atoms with E-state index in [9.17, 15) is 13.6 Å². The van der Waals surface area contributed by atoms with Crippen LogP contribution in [0.4, 0.5) is 8.78 Å². The fraction of sp³-hybridized carbons (Fsp3) is 0.700. The minimum atomic E-state index is -2.06. The monoisotopic (exact) mass is 236 g/mol. The van der Waals surface area contributed by atoms with Crippen LogP contribution in [0.1, 0.15) is 26.2 Å². The zero-order valence-electron chi connectivity index (χ0n) is 9.05. The molecule has 0 saturated carbocycles. The summed E-state index contributed by atoms with van der Waals surface area (Å²) in [4.78, 5) is 10.8. The number of alkyl halides is 2. The minimum Gasteiger partial charge on any atom is -0.463 e. The fourth-order valence-corrected chi connectivity index (χ4v) is 2.06. The van der Waals surface area contributed by atoms with Gasteiger partial charge in [0.15, 0.2) is 0 Å². The van der Waals surface area contributed by atoms with Crippen LogP contribution < -0.4 is 0 Å². The Labute approximate surface area is 91.5 Å². The number of rotatable bonds is 8. The van der Waals surface area contributed by atoms with Crippen molar-refractivity contribution in [3.8, 4) is 0 Å². The topological polar surface area (TPSA) is 26.3 Å². The zero-order valence-corrected chi connectivity index (χ0v) is 10.5. The smallest absolute Gasteiger partial charge is 0.330 e. The molecule has 0 spiro atoms. The Hall–Kier alpha value is -0.713. The Morgan fingerprint density at radius 1 is 1.40 bits per heavy atom.